The number of β-amino-alcohol motifs (C(OH)–C–C–N with tert-alkyl or cyclic N) is 1. The predicted octanol–water partition coefficient (Wildman–Crippen LogP) is 2.50. The van der Waals surface area contributed by atoms with E-state index in [0.29, 0.717) is 18.7 Å². The van der Waals surface area contributed by atoms with Gasteiger partial charge < -0.3 is 10.0 Å². The average molecular weight is 407 g/mol. The van der Waals surface area contributed by atoms with E-state index in [9.17, 15) is 20.0 Å². The lowest BCUT2D eigenvalue weighted by Gasteiger charge is -2.37. The zero-order valence-electron chi connectivity index (χ0n) is 16.8. The normalized spacial score (nSPS) is 20.6. The van der Waals surface area contributed by atoms with Crippen molar-refractivity contribution >= 4 is 11.6 Å². The minimum atomic E-state index is -0.657. The number of non-ortho nitro benzene ring substituents is 1. The number of rotatable bonds is 5. The first-order valence-electron chi connectivity index (χ1n) is 10.5. The zero-order chi connectivity index (χ0) is 20.9. The van der Waals surface area contributed by atoms with Crippen molar-refractivity contribution in [2.75, 3.05) is 26.2 Å². The highest BCUT2D eigenvalue weighted by molar-refractivity contribution is 5.98. The number of benzene rings is 2. The van der Waals surface area contributed by atoms with Gasteiger partial charge in [-0.1, -0.05) is 30.3 Å². The van der Waals surface area contributed by atoms with Gasteiger partial charge in [-0.05, 0) is 36.0 Å². The third-order valence-corrected chi connectivity index (χ3v) is 6.76. The maximum absolute atomic E-state index is 13.1. The fourth-order valence-corrected chi connectivity index (χ4v) is 5.02. The van der Waals surface area contributed by atoms with Gasteiger partial charge in [0.2, 0.25) is 0 Å². The second-order valence-electron chi connectivity index (χ2n) is 8.86. The molecule has 1 aliphatic carbocycles. The highest BCUT2D eigenvalue weighted by Gasteiger charge is 2.51. The van der Waals surface area contributed by atoms with Crippen molar-refractivity contribution < 1.29 is 14.8 Å². The summed E-state index contributed by atoms with van der Waals surface area (Å²) < 4.78 is 0. The fraction of sp³-hybridized carbons (Fsp3) is 0.435. The largest absolute Gasteiger partial charge is 0.390 e. The number of nitrogens with zero attached hydrogens (tertiary/aromatic N) is 3. The summed E-state index contributed by atoms with van der Waals surface area (Å²) >= 11 is 0. The molecule has 3 aliphatic rings. The lowest BCUT2D eigenvalue weighted by atomic mass is 9.86. The number of aliphatic hydroxyl groups is 1. The molecule has 1 saturated carbocycles. The quantitative estimate of drug-likeness (QED) is 0.608. The minimum Gasteiger partial charge on any atom is -0.390 e. The maximum atomic E-state index is 13.1. The van der Waals surface area contributed by atoms with Crippen LogP contribution in [-0.4, -0.2) is 58.0 Å². The van der Waals surface area contributed by atoms with Crippen molar-refractivity contribution in [3.63, 3.8) is 0 Å². The summed E-state index contributed by atoms with van der Waals surface area (Å²) in [6, 6.07) is 13.0. The molecule has 7 nitrogen and oxygen atoms in total. The Bertz CT molecular complexity index is 1020. The van der Waals surface area contributed by atoms with Crippen LogP contribution in [-0.2, 0) is 18.4 Å². The van der Waals surface area contributed by atoms with Gasteiger partial charge in [-0.25, -0.2) is 0 Å². The number of nitro benzene ring substituents is 1. The van der Waals surface area contributed by atoms with Crippen molar-refractivity contribution in [3.05, 3.63) is 74.8 Å². The zero-order valence-corrected chi connectivity index (χ0v) is 16.8. The van der Waals surface area contributed by atoms with E-state index in [1.165, 1.54) is 23.3 Å². The molecular formula is C23H25N3O4. The molecule has 0 bridgehead atoms. The number of carbonyl (C=O) groups excluding carboxylic acids is 1. The Morgan fingerprint density at radius 2 is 1.90 bits per heavy atom. The summed E-state index contributed by atoms with van der Waals surface area (Å²) in [5.41, 5.74) is 3.85. The van der Waals surface area contributed by atoms with E-state index in [0.717, 1.165) is 37.9 Å². The molecule has 2 aromatic carbocycles. The monoisotopic (exact) mass is 407 g/mol. The number of carbonyl (C=O) groups is 1. The molecular weight excluding hydrogens is 382 g/mol. The summed E-state index contributed by atoms with van der Waals surface area (Å²) in [6.45, 7) is 3.03. The lowest BCUT2D eigenvalue weighted by Crippen LogP contribution is -2.49. The van der Waals surface area contributed by atoms with Crippen LogP contribution in [0, 0.1) is 10.1 Å². The van der Waals surface area contributed by atoms with Gasteiger partial charge in [-0.2, -0.15) is 0 Å². The molecule has 0 radical (unpaired) electrons. The predicted molar refractivity (Wildman–Crippen MR) is 111 cm³/mol. The summed E-state index contributed by atoms with van der Waals surface area (Å²) in [7, 11) is 0. The Kier molecular flexibility index (Phi) is 4.60. The summed E-state index contributed by atoms with van der Waals surface area (Å²) in [5.74, 6) is -0.214. The van der Waals surface area contributed by atoms with Gasteiger partial charge in [0.15, 0.2) is 0 Å². The van der Waals surface area contributed by atoms with Gasteiger partial charge in [-0.15, -0.1) is 0 Å². The first-order valence-corrected chi connectivity index (χ1v) is 10.5. The molecule has 7 heteroatoms. The van der Waals surface area contributed by atoms with Gasteiger partial charge in [-0.3, -0.25) is 19.8 Å². The number of nitro groups is 1. The lowest BCUT2D eigenvalue weighted by molar-refractivity contribution is -0.384. The van der Waals surface area contributed by atoms with Crippen LogP contribution in [0.2, 0.25) is 0 Å². The first kappa shape index (κ1) is 19.2. The minimum absolute atomic E-state index is 0.0627. The molecule has 1 atom stereocenters. The number of fused-ring (bicyclic) bond motifs is 3. The Balaban J connectivity index is 1.29. The fourth-order valence-electron chi connectivity index (χ4n) is 5.02. The van der Waals surface area contributed by atoms with Gasteiger partial charge in [0.05, 0.1) is 16.6 Å². The second kappa shape index (κ2) is 7.18. The molecule has 156 valence electrons. The molecule has 30 heavy (non-hydrogen) atoms. The summed E-state index contributed by atoms with van der Waals surface area (Å²) in [4.78, 5) is 27.7. The Hall–Kier alpha value is -2.77. The molecule has 5 rings (SSSR count). The van der Waals surface area contributed by atoms with Gasteiger partial charge in [0.25, 0.3) is 11.6 Å². The average Bonchev–Trinajstić information content (AvgIpc) is 3.51. The van der Waals surface area contributed by atoms with E-state index in [1.807, 2.05) is 6.07 Å². The molecule has 2 heterocycles. The maximum Gasteiger partial charge on any atom is 0.270 e. The summed E-state index contributed by atoms with van der Waals surface area (Å²) in [5, 5.41) is 21.9. The molecule has 0 aromatic heterocycles. The molecule has 2 aliphatic heterocycles. The topological polar surface area (TPSA) is 86.9 Å². The van der Waals surface area contributed by atoms with E-state index in [2.05, 4.69) is 23.1 Å². The SMILES string of the molecule is O=C1c2cc([N+](=O)[O-])ccc2C2(CC2)CN1C[C@H](O)CN1CCc2ccccc2C1. The van der Waals surface area contributed by atoms with Crippen LogP contribution >= 0.6 is 0 Å². The van der Waals surface area contributed by atoms with Gasteiger partial charge >= 0.3 is 0 Å². The van der Waals surface area contributed by atoms with Gasteiger partial charge in [0.1, 0.15) is 0 Å². The standard InChI is InChI=1S/C23H25N3O4/c27-19(13-24-10-7-16-3-1-2-4-17(16)12-24)14-25-15-23(8-9-23)21-6-5-18(26(29)30)11-20(21)22(25)28/h1-6,11,19,27H,7-10,12-15H2/t19-/m1/s1. The van der Waals surface area contributed by atoms with Crippen molar-refractivity contribution in [1.82, 2.24) is 9.80 Å². The van der Waals surface area contributed by atoms with E-state index in [1.54, 1.807) is 11.0 Å². The highest BCUT2D eigenvalue weighted by Crippen LogP contribution is 2.52. The number of amides is 1. The van der Waals surface area contributed by atoms with Crippen LogP contribution in [0.4, 0.5) is 5.69 Å². The summed E-state index contributed by atoms with van der Waals surface area (Å²) in [6.07, 6.45) is 2.25. The van der Waals surface area contributed by atoms with Crippen LogP contribution in [0.25, 0.3) is 0 Å². The Morgan fingerprint density at radius 3 is 2.63 bits per heavy atom. The molecule has 0 unspecified atom stereocenters. The van der Waals surface area contributed by atoms with E-state index < -0.39 is 11.0 Å². The molecule has 1 amide bonds. The highest BCUT2D eigenvalue weighted by atomic mass is 16.6. The van der Waals surface area contributed by atoms with E-state index >= 15 is 0 Å². The Labute approximate surface area is 175 Å². The van der Waals surface area contributed by atoms with Crippen LogP contribution in [0.5, 0.6) is 0 Å². The number of aliphatic hydroxyl groups excluding tert-OH is 1. The van der Waals surface area contributed by atoms with E-state index in [4.69, 9.17) is 0 Å². The van der Waals surface area contributed by atoms with Crippen molar-refractivity contribution in [2.24, 2.45) is 0 Å². The third kappa shape index (κ3) is 3.38. The first-order chi connectivity index (χ1) is 14.4. The van der Waals surface area contributed by atoms with Crippen molar-refractivity contribution in [3.8, 4) is 0 Å². The smallest absolute Gasteiger partial charge is 0.270 e. The molecule has 1 fully saturated rings. The molecule has 2 aromatic rings. The molecule has 1 N–H and O–H groups in total. The number of hydrogen-bond donors (Lipinski definition) is 1. The third-order valence-electron chi connectivity index (χ3n) is 6.76. The van der Waals surface area contributed by atoms with E-state index in [-0.39, 0.29) is 23.6 Å². The van der Waals surface area contributed by atoms with Crippen LogP contribution in [0.1, 0.15) is 39.9 Å². The van der Waals surface area contributed by atoms with Crippen molar-refractivity contribution in [1.29, 1.82) is 0 Å². The van der Waals surface area contributed by atoms with Crippen molar-refractivity contribution in [2.45, 2.75) is 37.3 Å². The van der Waals surface area contributed by atoms with Crippen LogP contribution < -0.4 is 0 Å². The molecule has 1 spiro atoms. The number of hydrogen-bond acceptors (Lipinski definition) is 5. The van der Waals surface area contributed by atoms with Crippen LogP contribution in [0.15, 0.2) is 42.5 Å². The van der Waals surface area contributed by atoms with Gasteiger partial charge in [0, 0.05) is 50.3 Å². The van der Waals surface area contributed by atoms with Crippen LogP contribution in [0.3, 0.4) is 0 Å². The second-order valence-corrected chi connectivity index (χ2v) is 8.86. The Morgan fingerprint density at radius 1 is 1.13 bits per heavy atom. The molecule has 0 saturated heterocycles.